The molecule has 0 unspecified atom stereocenters. The zero-order valence-corrected chi connectivity index (χ0v) is 5.40. The lowest BCUT2D eigenvalue weighted by Gasteiger charge is -1.94. The summed E-state index contributed by atoms with van der Waals surface area (Å²) in [5.41, 5.74) is 0.738. The van der Waals surface area contributed by atoms with Crippen LogP contribution in [0.2, 0.25) is 0 Å². The molecular formula is C6H5N3O. The Labute approximate surface area is 57.3 Å². The van der Waals surface area contributed by atoms with Crippen LogP contribution in [0.1, 0.15) is 5.76 Å². The third-order valence-electron chi connectivity index (χ3n) is 1.32. The molecule has 4 nitrogen and oxygen atoms in total. The number of imidazole rings is 1. The quantitative estimate of drug-likeness (QED) is 0.538. The molecule has 0 aliphatic carbocycles. The van der Waals surface area contributed by atoms with Gasteiger partial charge in [0.15, 0.2) is 12.2 Å². The summed E-state index contributed by atoms with van der Waals surface area (Å²) >= 11 is 0. The molecule has 0 saturated carbocycles. The summed E-state index contributed by atoms with van der Waals surface area (Å²) in [6.45, 7) is 1.83. The molecule has 4 heteroatoms. The van der Waals surface area contributed by atoms with Crippen molar-refractivity contribution in [2.45, 2.75) is 6.92 Å². The first kappa shape index (κ1) is 5.34. The van der Waals surface area contributed by atoms with Crippen molar-refractivity contribution in [1.82, 2.24) is 15.0 Å². The van der Waals surface area contributed by atoms with Gasteiger partial charge in [0.25, 0.3) is 0 Å². The molecular weight excluding hydrogens is 130 g/mol. The van der Waals surface area contributed by atoms with E-state index in [9.17, 15) is 0 Å². The minimum Gasteiger partial charge on any atom is -0.448 e. The first-order chi connectivity index (χ1) is 4.88. The summed E-state index contributed by atoms with van der Waals surface area (Å²) in [5.74, 6) is 1.39. The normalized spacial score (nSPS) is 10.5. The molecule has 0 saturated heterocycles. The Morgan fingerprint density at radius 2 is 2.20 bits per heavy atom. The molecule has 2 aliphatic rings. The minimum absolute atomic E-state index is 0.642. The van der Waals surface area contributed by atoms with E-state index in [1.807, 2.05) is 6.92 Å². The van der Waals surface area contributed by atoms with Gasteiger partial charge in [0, 0.05) is 0 Å². The van der Waals surface area contributed by atoms with Crippen molar-refractivity contribution in [1.29, 1.82) is 0 Å². The fourth-order valence-electron chi connectivity index (χ4n) is 0.814. The van der Waals surface area contributed by atoms with Crippen LogP contribution < -0.4 is 0 Å². The number of aryl methyl sites for hydroxylation is 1. The number of aromatic nitrogens is 3. The third kappa shape index (κ3) is 0.586. The zero-order valence-electron chi connectivity index (χ0n) is 5.40. The van der Waals surface area contributed by atoms with Gasteiger partial charge in [-0.15, -0.1) is 0 Å². The molecule has 2 rings (SSSR count). The molecule has 10 heavy (non-hydrogen) atoms. The van der Waals surface area contributed by atoms with Crippen LogP contribution in [0.15, 0.2) is 17.1 Å². The van der Waals surface area contributed by atoms with E-state index >= 15 is 0 Å². The molecule has 0 spiro atoms. The topological polar surface area (TPSA) is 51.8 Å². The number of nitrogens with zero attached hydrogens (tertiary/aromatic N) is 3. The summed E-state index contributed by atoms with van der Waals surface area (Å²) < 4.78 is 4.99. The third-order valence-corrected chi connectivity index (χ3v) is 1.32. The molecule has 0 radical (unpaired) electrons. The molecule has 0 aromatic carbocycles. The maximum atomic E-state index is 4.99. The highest BCUT2D eigenvalue weighted by molar-refractivity contribution is 5.51. The van der Waals surface area contributed by atoms with E-state index in [0.29, 0.717) is 5.82 Å². The van der Waals surface area contributed by atoms with Crippen LogP contribution in [-0.4, -0.2) is 15.0 Å². The van der Waals surface area contributed by atoms with Gasteiger partial charge in [-0.1, -0.05) is 0 Å². The van der Waals surface area contributed by atoms with Gasteiger partial charge < -0.3 is 4.42 Å². The Morgan fingerprint density at radius 1 is 1.30 bits per heavy atom. The van der Waals surface area contributed by atoms with E-state index < -0.39 is 0 Å². The number of hydrogen-bond donors (Lipinski definition) is 0. The SMILES string of the molecule is Cc1ocnc2ncnc1-2. The van der Waals surface area contributed by atoms with E-state index in [4.69, 9.17) is 4.42 Å². The van der Waals surface area contributed by atoms with Gasteiger partial charge in [0.2, 0.25) is 0 Å². The van der Waals surface area contributed by atoms with Crippen LogP contribution in [0.5, 0.6) is 0 Å². The Balaban J connectivity index is 2.80. The fraction of sp³-hybridized carbons (Fsp3) is 0.167. The van der Waals surface area contributed by atoms with E-state index in [0.717, 1.165) is 11.5 Å². The van der Waals surface area contributed by atoms with E-state index in [1.165, 1.54) is 12.7 Å². The van der Waals surface area contributed by atoms with Crippen molar-refractivity contribution >= 4 is 0 Å². The van der Waals surface area contributed by atoms with E-state index in [-0.39, 0.29) is 0 Å². The summed E-state index contributed by atoms with van der Waals surface area (Å²) in [7, 11) is 0. The highest BCUT2D eigenvalue weighted by atomic mass is 16.3. The number of fused-ring (bicyclic) bond motifs is 1. The predicted octanol–water partition coefficient (Wildman–Crippen LogP) is 0.878. The lowest BCUT2D eigenvalue weighted by Crippen LogP contribution is -1.86. The maximum Gasteiger partial charge on any atom is 0.186 e. The maximum absolute atomic E-state index is 4.99. The summed E-state index contributed by atoms with van der Waals surface area (Å²) in [6.07, 6.45) is 2.84. The Morgan fingerprint density at radius 3 is 3.00 bits per heavy atom. The molecule has 0 aromatic heterocycles. The largest absolute Gasteiger partial charge is 0.448 e. The van der Waals surface area contributed by atoms with Crippen LogP contribution in [0, 0.1) is 6.92 Å². The zero-order chi connectivity index (χ0) is 6.97. The average Bonchev–Trinajstić information content (AvgIpc) is 2.36. The van der Waals surface area contributed by atoms with Gasteiger partial charge >= 0.3 is 0 Å². The average molecular weight is 135 g/mol. The van der Waals surface area contributed by atoms with Gasteiger partial charge in [0.05, 0.1) is 0 Å². The lowest BCUT2D eigenvalue weighted by atomic mass is 10.3. The summed E-state index contributed by atoms with van der Waals surface area (Å²) in [5, 5.41) is 0. The smallest absolute Gasteiger partial charge is 0.186 e. The number of rotatable bonds is 0. The second-order valence-corrected chi connectivity index (χ2v) is 1.95. The molecule has 0 bridgehead atoms. The van der Waals surface area contributed by atoms with E-state index in [2.05, 4.69) is 15.0 Å². The highest BCUT2D eigenvalue weighted by Crippen LogP contribution is 2.16. The van der Waals surface area contributed by atoms with Crippen LogP contribution in [0.3, 0.4) is 0 Å². The van der Waals surface area contributed by atoms with E-state index in [1.54, 1.807) is 0 Å². The first-order valence-corrected chi connectivity index (χ1v) is 2.89. The molecule has 0 N–H and O–H groups in total. The standard InChI is InChI=1S/C6H5N3O/c1-4-5-6(8-2-7-5)9-3-10-4/h2-3H,1H3. The highest BCUT2D eigenvalue weighted by Gasteiger charge is 2.09. The Hall–Kier alpha value is -1.45. The van der Waals surface area contributed by atoms with Crippen molar-refractivity contribution in [2.75, 3.05) is 0 Å². The predicted molar refractivity (Wildman–Crippen MR) is 33.5 cm³/mol. The monoisotopic (exact) mass is 135 g/mol. The molecule has 0 amide bonds. The second-order valence-electron chi connectivity index (χ2n) is 1.95. The molecule has 50 valence electrons. The second kappa shape index (κ2) is 1.76. The molecule has 0 aromatic rings. The fourth-order valence-corrected chi connectivity index (χ4v) is 0.814. The van der Waals surface area contributed by atoms with Crippen LogP contribution >= 0.6 is 0 Å². The van der Waals surface area contributed by atoms with Gasteiger partial charge in [-0.25, -0.2) is 9.97 Å². The van der Waals surface area contributed by atoms with Crippen molar-refractivity contribution in [3.8, 4) is 11.5 Å². The lowest BCUT2D eigenvalue weighted by molar-refractivity contribution is 0.495. The van der Waals surface area contributed by atoms with Crippen LogP contribution in [0.25, 0.3) is 11.5 Å². The van der Waals surface area contributed by atoms with Crippen molar-refractivity contribution in [2.24, 2.45) is 0 Å². The Bertz CT molecular complexity index is 317. The van der Waals surface area contributed by atoms with Crippen molar-refractivity contribution < 1.29 is 4.42 Å². The summed E-state index contributed by atoms with van der Waals surface area (Å²) in [6, 6.07) is 0. The molecule has 2 aliphatic heterocycles. The van der Waals surface area contributed by atoms with Gasteiger partial charge in [-0.3, -0.25) is 0 Å². The van der Waals surface area contributed by atoms with Crippen molar-refractivity contribution in [3.05, 3.63) is 18.5 Å². The van der Waals surface area contributed by atoms with Crippen LogP contribution in [-0.2, 0) is 0 Å². The van der Waals surface area contributed by atoms with Crippen LogP contribution in [0.4, 0.5) is 0 Å². The molecule has 0 atom stereocenters. The van der Waals surface area contributed by atoms with Crippen molar-refractivity contribution in [3.63, 3.8) is 0 Å². The molecule has 0 fully saturated rings. The van der Waals surface area contributed by atoms with Gasteiger partial charge in [0.1, 0.15) is 17.8 Å². The van der Waals surface area contributed by atoms with Gasteiger partial charge in [-0.05, 0) is 6.92 Å². The molecule has 2 heterocycles. The number of hydrogen-bond acceptors (Lipinski definition) is 4. The minimum atomic E-state index is 0.642. The van der Waals surface area contributed by atoms with Gasteiger partial charge in [-0.2, -0.15) is 4.98 Å². The Kier molecular flexibility index (Phi) is 0.943. The first-order valence-electron chi connectivity index (χ1n) is 2.89. The summed E-state index contributed by atoms with van der Waals surface area (Å²) in [4.78, 5) is 11.7.